The van der Waals surface area contributed by atoms with Crippen molar-refractivity contribution in [2.75, 3.05) is 18.4 Å². The third-order valence-electron chi connectivity index (χ3n) is 6.26. The Kier molecular flexibility index (Phi) is 6.73. The second-order valence-electron chi connectivity index (χ2n) is 8.87. The fourth-order valence-electron chi connectivity index (χ4n) is 4.36. The Hall–Kier alpha value is -3.01. The largest absolute Gasteiger partial charge is 0.464 e. The summed E-state index contributed by atoms with van der Waals surface area (Å²) in [5.41, 5.74) is 4.19. The lowest BCUT2D eigenvalue weighted by Gasteiger charge is -2.19. The second-order valence-corrected chi connectivity index (χ2v) is 11.7. The number of aryl methyl sites for hydroxylation is 1. The van der Waals surface area contributed by atoms with E-state index in [1.165, 1.54) is 11.3 Å². The first-order valence-corrected chi connectivity index (χ1v) is 14.0. The molecule has 0 atom stereocenters. The average Bonchev–Trinajstić information content (AvgIpc) is 3.36. The van der Waals surface area contributed by atoms with Crippen LogP contribution in [0.5, 0.6) is 0 Å². The first-order chi connectivity index (χ1) is 16.9. The number of nitrogens with one attached hydrogen (secondary N) is 1. The van der Waals surface area contributed by atoms with Gasteiger partial charge in [0.2, 0.25) is 15.9 Å². The predicted octanol–water partition coefficient (Wildman–Crippen LogP) is 5.61. The maximum atomic E-state index is 13.0. The van der Waals surface area contributed by atoms with Crippen LogP contribution in [0, 0.1) is 6.92 Å². The van der Waals surface area contributed by atoms with Crippen molar-refractivity contribution in [2.24, 2.45) is 0 Å². The van der Waals surface area contributed by atoms with Gasteiger partial charge in [-0.3, -0.25) is 4.79 Å². The van der Waals surface area contributed by atoms with Crippen LogP contribution in [0.4, 0.5) is 5.13 Å². The van der Waals surface area contributed by atoms with Crippen LogP contribution in [0.3, 0.4) is 0 Å². The fourth-order valence-corrected chi connectivity index (χ4v) is 6.61. The standard InChI is InChI=1S/C26H27N3O4S2/c1-18-6-11-24-22(14-18)20(16-33-24)15-25(30)28-26-27-23(17-34-26)19-7-9-21(10-8-19)35(31,32)29-12-4-2-3-5-13-29/h6-11,14,16-17H,2-5,12-13,15H2,1H3,(H,27,28,30). The summed E-state index contributed by atoms with van der Waals surface area (Å²) in [6.07, 6.45) is 5.77. The highest BCUT2D eigenvalue weighted by Gasteiger charge is 2.25. The number of hydrogen-bond acceptors (Lipinski definition) is 6. The first-order valence-electron chi connectivity index (χ1n) is 11.7. The summed E-state index contributed by atoms with van der Waals surface area (Å²) in [5.74, 6) is -0.172. The van der Waals surface area contributed by atoms with Crippen molar-refractivity contribution in [2.45, 2.75) is 43.9 Å². The molecule has 5 rings (SSSR count). The van der Waals surface area contributed by atoms with Gasteiger partial charge in [-0.25, -0.2) is 13.4 Å². The van der Waals surface area contributed by atoms with E-state index < -0.39 is 10.0 Å². The van der Waals surface area contributed by atoms with Crippen LogP contribution >= 0.6 is 11.3 Å². The van der Waals surface area contributed by atoms with Gasteiger partial charge in [-0.05, 0) is 44.0 Å². The lowest BCUT2D eigenvalue weighted by molar-refractivity contribution is -0.115. The van der Waals surface area contributed by atoms with Gasteiger partial charge >= 0.3 is 0 Å². The Morgan fingerprint density at radius 2 is 1.83 bits per heavy atom. The summed E-state index contributed by atoms with van der Waals surface area (Å²) in [6.45, 7) is 3.16. The maximum Gasteiger partial charge on any atom is 0.243 e. The average molecular weight is 510 g/mol. The van der Waals surface area contributed by atoms with E-state index in [2.05, 4.69) is 10.3 Å². The van der Waals surface area contributed by atoms with Gasteiger partial charge in [0.05, 0.1) is 23.3 Å². The predicted molar refractivity (Wildman–Crippen MR) is 138 cm³/mol. The minimum absolute atomic E-state index is 0.172. The molecule has 1 saturated heterocycles. The first kappa shape index (κ1) is 23.7. The highest BCUT2D eigenvalue weighted by Crippen LogP contribution is 2.28. The van der Waals surface area contributed by atoms with Crippen molar-refractivity contribution in [1.29, 1.82) is 0 Å². The Labute approximate surface area is 208 Å². The third kappa shape index (κ3) is 5.17. The molecule has 182 valence electrons. The number of thiazole rings is 1. The summed E-state index contributed by atoms with van der Waals surface area (Å²) < 4.78 is 33.2. The van der Waals surface area contributed by atoms with Gasteiger partial charge in [-0.1, -0.05) is 36.6 Å². The van der Waals surface area contributed by atoms with Crippen molar-refractivity contribution < 1.29 is 17.6 Å². The fraction of sp³-hybridized carbons (Fsp3) is 0.308. The molecule has 2 aromatic heterocycles. The summed E-state index contributed by atoms with van der Waals surface area (Å²) in [7, 11) is -3.49. The number of rotatable bonds is 6. The van der Waals surface area contributed by atoms with E-state index in [1.807, 2.05) is 30.5 Å². The second kappa shape index (κ2) is 9.93. The summed E-state index contributed by atoms with van der Waals surface area (Å²) in [6, 6.07) is 12.7. The molecule has 7 nitrogen and oxygen atoms in total. The lowest BCUT2D eigenvalue weighted by Crippen LogP contribution is -2.31. The molecule has 0 radical (unpaired) electrons. The van der Waals surface area contributed by atoms with Gasteiger partial charge in [0.15, 0.2) is 5.13 Å². The highest BCUT2D eigenvalue weighted by molar-refractivity contribution is 7.89. The Morgan fingerprint density at radius 3 is 2.57 bits per heavy atom. The van der Waals surface area contributed by atoms with Gasteiger partial charge in [-0.2, -0.15) is 4.31 Å². The Morgan fingerprint density at radius 1 is 1.09 bits per heavy atom. The van der Waals surface area contributed by atoms with Crippen molar-refractivity contribution in [3.8, 4) is 11.3 Å². The molecule has 0 unspecified atom stereocenters. The number of furan rings is 1. The Balaban J connectivity index is 1.26. The molecule has 0 bridgehead atoms. The molecule has 2 aromatic carbocycles. The molecule has 0 spiro atoms. The number of nitrogens with zero attached hydrogens (tertiary/aromatic N) is 2. The maximum absolute atomic E-state index is 13.0. The molecule has 0 aliphatic carbocycles. The topological polar surface area (TPSA) is 92.5 Å². The number of anilines is 1. The zero-order valence-electron chi connectivity index (χ0n) is 19.5. The monoisotopic (exact) mass is 509 g/mol. The minimum Gasteiger partial charge on any atom is -0.464 e. The van der Waals surface area contributed by atoms with E-state index in [1.54, 1.807) is 34.8 Å². The molecule has 1 fully saturated rings. The van der Waals surface area contributed by atoms with Crippen molar-refractivity contribution in [3.05, 3.63) is 65.2 Å². The van der Waals surface area contributed by atoms with Crippen molar-refractivity contribution in [3.63, 3.8) is 0 Å². The smallest absolute Gasteiger partial charge is 0.243 e. The molecular formula is C26H27N3O4S2. The Bertz CT molecular complexity index is 1450. The van der Waals surface area contributed by atoms with Gasteiger partial charge in [0.1, 0.15) is 5.58 Å². The third-order valence-corrected chi connectivity index (χ3v) is 8.93. The summed E-state index contributed by atoms with van der Waals surface area (Å²) in [5, 5.41) is 6.15. The lowest BCUT2D eigenvalue weighted by atomic mass is 10.1. The van der Waals surface area contributed by atoms with Crippen LogP contribution < -0.4 is 5.32 Å². The normalized spacial score (nSPS) is 15.2. The van der Waals surface area contributed by atoms with Crippen LogP contribution in [0.2, 0.25) is 0 Å². The van der Waals surface area contributed by atoms with E-state index in [-0.39, 0.29) is 12.3 Å². The number of amides is 1. The van der Waals surface area contributed by atoms with E-state index in [9.17, 15) is 13.2 Å². The molecule has 3 heterocycles. The van der Waals surface area contributed by atoms with E-state index in [0.717, 1.165) is 53.3 Å². The summed E-state index contributed by atoms with van der Waals surface area (Å²) in [4.78, 5) is 17.5. The zero-order chi connectivity index (χ0) is 24.4. The molecule has 9 heteroatoms. The highest BCUT2D eigenvalue weighted by atomic mass is 32.2. The van der Waals surface area contributed by atoms with E-state index in [4.69, 9.17) is 4.42 Å². The number of carbonyl (C=O) groups is 1. The van der Waals surface area contributed by atoms with Crippen molar-refractivity contribution in [1.82, 2.24) is 9.29 Å². The van der Waals surface area contributed by atoms with Crippen LogP contribution in [-0.2, 0) is 21.2 Å². The van der Waals surface area contributed by atoms with Crippen LogP contribution in [0.25, 0.3) is 22.2 Å². The molecule has 1 N–H and O–H groups in total. The van der Waals surface area contributed by atoms with Gasteiger partial charge in [0, 0.05) is 35.0 Å². The molecule has 1 amide bonds. The van der Waals surface area contributed by atoms with Crippen LogP contribution in [0.1, 0.15) is 36.8 Å². The number of sulfonamides is 1. The molecule has 0 saturated carbocycles. The quantitative estimate of drug-likeness (QED) is 0.365. The summed E-state index contributed by atoms with van der Waals surface area (Å²) >= 11 is 1.33. The number of benzene rings is 2. The number of aromatic nitrogens is 1. The molecule has 1 aliphatic heterocycles. The zero-order valence-corrected chi connectivity index (χ0v) is 21.1. The van der Waals surface area contributed by atoms with Crippen molar-refractivity contribution >= 4 is 43.4 Å². The van der Waals surface area contributed by atoms with E-state index >= 15 is 0 Å². The molecule has 4 aromatic rings. The molecule has 1 aliphatic rings. The van der Waals surface area contributed by atoms with Gasteiger partial charge in [-0.15, -0.1) is 11.3 Å². The number of hydrogen-bond donors (Lipinski definition) is 1. The molecular weight excluding hydrogens is 482 g/mol. The SMILES string of the molecule is Cc1ccc2occ(CC(=O)Nc3nc(-c4ccc(S(=O)(=O)N5CCCCCC5)cc4)cs3)c2c1. The number of fused-ring (bicyclic) bond motifs is 1. The van der Waals surface area contributed by atoms with Gasteiger partial charge in [0.25, 0.3) is 0 Å². The number of carbonyl (C=O) groups excluding carboxylic acids is 1. The van der Waals surface area contributed by atoms with E-state index in [0.29, 0.717) is 28.8 Å². The van der Waals surface area contributed by atoms with Crippen LogP contribution in [-0.4, -0.2) is 36.7 Å². The van der Waals surface area contributed by atoms with Gasteiger partial charge < -0.3 is 9.73 Å². The molecule has 35 heavy (non-hydrogen) atoms. The minimum atomic E-state index is -3.49. The van der Waals surface area contributed by atoms with Crippen LogP contribution in [0.15, 0.2) is 63.4 Å².